The van der Waals surface area contributed by atoms with Crippen molar-refractivity contribution in [2.75, 3.05) is 38.6 Å². The van der Waals surface area contributed by atoms with Gasteiger partial charge in [-0.1, -0.05) is 36.8 Å². The Morgan fingerprint density at radius 2 is 1.78 bits per heavy atom. The van der Waals surface area contributed by atoms with E-state index < -0.39 is 0 Å². The molecular formula is C22H26N4O. The van der Waals surface area contributed by atoms with Crippen LogP contribution in [0.1, 0.15) is 19.3 Å². The van der Waals surface area contributed by atoms with Gasteiger partial charge in [-0.05, 0) is 38.1 Å². The summed E-state index contributed by atoms with van der Waals surface area (Å²) in [6.07, 6.45) is 3.98. The van der Waals surface area contributed by atoms with E-state index in [0.29, 0.717) is 0 Å². The van der Waals surface area contributed by atoms with Crippen LogP contribution in [0.3, 0.4) is 0 Å². The van der Waals surface area contributed by atoms with Crippen LogP contribution in [0.5, 0.6) is 5.75 Å². The van der Waals surface area contributed by atoms with Gasteiger partial charge >= 0.3 is 0 Å². The van der Waals surface area contributed by atoms with Crippen LogP contribution in [-0.2, 0) is 0 Å². The normalized spacial score (nSPS) is 15.0. The Labute approximate surface area is 160 Å². The van der Waals surface area contributed by atoms with Crippen LogP contribution in [0, 0.1) is 0 Å². The molecule has 3 aromatic rings. The Hall–Kier alpha value is -2.66. The zero-order chi connectivity index (χ0) is 18.5. The molecule has 1 fully saturated rings. The van der Waals surface area contributed by atoms with Crippen molar-refractivity contribution in [2.45, 2.75) is 19.3 Å². The minimum absolute atomic E-state index is 0.795. The van der Waals surface area contributed by atoms with Crippen molar-refractivity contribution in [1.82, 2.24) is 14.9 Å². The second-order valence-corrected chi connectivity index (χ2v) is 6.97. The van der Waals surface area contributed by atoms with Gasteiger partial charge in [-0.3, -0.25) is 0 Å². The van der Waals surface area contributed by atoms with E-state index in [1.165, 1.54) is 32.4 Å². The molecule has 1 aliphatic rings. The van der Waals surface area contributed by atoms with E-state index in [2.05, 4.69) is 22.3 Å². The number of aromatic nitrogens is 2. The summed E-state index contributed by atoms with van der Waals surface area (Å²) in [6.45, 7) is 4.30. The average Bonchev–Trinajstić information content (AvgIpc) is 2.74. The second kappa shape index (κ2) is 8.35. The van der Waals surface area contributed by atoms with Crippen molar-refractivity contribution >= 4 is 16.9 Å². The minimum Gasteiger partial charge on any atom is -0.497 e. The number of piperidine rings is 1. The lowest BCUT2D eigenvalue weighted by Gasteiger charge is -2.26. The molecule has 140 valence electrons. The summed E-state index contributed by atoms with van der Waals surface area (Å²) in [5.41, 5.74) is 3.68. The summed E-state index contributed by atoms with van der Waals surface area (Å²) in [6, 6.07) is 16.1. The van der Waals surface area contributed by atoms with Crippen LogP contribution in [0.4, 0.5) is 5.82 Å². The van der Waals surface area contributed by atoms with Crippen LogP contribution in [0.25, 0.3) is 22.3 Å². The number of rotatable bonds is 6. The molecular weight excluding hydrogens is 336 g/mol. The number of likely N-dealkylation sites (tertiary alicyclic amines) is 1. The minimum atomic E-state index is 0.795. The molecule has 0 spiro atoms. The van der Waals surface area contributed by atoms with Gasteiger partial charge in [0.1, 0.15) is 11.4 Å². The first-order chi connectivity index (χ1) is 13.3. The Morgan fingerprint density at radius 3 is 2.56 bits per heavy atom. The van der Waals surface area contributed by atoms with E-state index in [-0.39, 0.29) is 0 Å². The monoisotopic (exact) mass is 362 g/mol. The maximum atomic E-state index is 5.34. The molecule has 0 amide bonds. The van der Waals surface area contributed by atoms with Gasteiger partial charge in [-0.2, -0.15) is 0 Å². The van der Waals surface area contributed by atoms with Crippen molar-refractivity contribution in [1.29, 1.82) is 0 Å². The molecule has 1 aromatic heterocycles. The smallest absolute Gasteiger partial charge is 0.153 e. The number of nitrogens with one attached hydrogen (secondary N) is 1. The molecule has 5 heteroatoms. The highest BCUT2D eigenvalue weighted by Crippen LogP contribution is 2.28. The predicted octanol–water partition coefficient (Wildman–Crippen LogP) is 4.20. The molecule has 1 saturated heterocycles. The predicted molar refractivity (Wildman–Crippen MR) is 110 cm³/mol. The number of nitrogens with zero attached hydrogens (tertiary/aromatic N) is 3. The third kappa shape index (κ3) is 4.19. The molecule has 0 radical (unpaired) electrons. The van der Waals surface area contributed by atoms with E-state index in [1.807, 2.05) is 36.4 Å². The van der Waals surface area contributed by atoms with Gasteiger partial charge in [-0.25, -0.2) is 9.97 Å². The summed E-state index contributed by atoms with van der Waals surface area (Å²) >= 11 is 0. The molecule has 0 bridgehead atoms. The molecule has 0 aliphatic carbocycles. The standard InChI is InChI=1S/C22H26N4O/c1-27-18-10-11-19-20(16-18)25-22(21(24-19)17-8-4-2-5-9-17)23-12-15-26-13-6-3-7-14-26/h2,4-5,8-11,16H,3,6-7,12-15H2,1H3,(H,23,25). The molecule has 4 rings (SSSR count). The topological polar surface area (TPSA) is 50.3 Å². The van der Waals surface area contributed by atoms with E-state index in [9.17, 15) is 0 Å². The third-order valence-electron chi connectivity index (χ3n) is 5.09. The molecule has 1 N–H and O–H groups in total. The zero-order valence-corrected chi connectivity index (χ0v) is 15.8. The highest BCUT2D eigenvalue weighted by Gasteiger charge is 2.13. The fraction of sp³-hybridized carbons (Fsp3) is 0.364. The highest BCUT2D eigenvalue weighted by molar-refractivity contribution is 5.84. The van der Waals surface area contributed by atoms with E-state index in [1.54, 1.807) is 7.11 Å². The maximum Gasteiger partial charge on any atom is 0.153 e. The first kappa shape index (κ1) is 17.7. The van der Waals surface area contributed by atoms with Crippen molar-refractivity contribution in [2.24, 2.45) is 0 Å². The molecule has 27 heavy (non-hydrogen) atoms. The fourth-order valence-corrected chi connectivity index (χ4v) is 3.60. The Kier molecular flexibility index (Phi) is 5.49. The van der Waals surface area contributed by atoms with Gasteiger partial charge < -0.3 is 15.0 Å². The van der Waals surface area contributed by atoms with Crippen LogP contribution in [0.2, 0.25) is 0 Å². The fourth-order valence-electron chi connectivity index (χ4n) is 3.60. The quantitative estimate of drug-likeness (QED) is 0.712. The first-order valence-corrected chi connectivity index (χ1v) is 9.71. The summed E-state index contributed by atoms with van der Waals surface area (Å²) in [7, 11) is 1.67. The van der Waals surface area contributed by atoms with E-state index in [4.69, 9.17) is 14.7 Å². The van der Waals surface area contributed by atoms with Gasteiger partial charge in [0.2, 0.25) is 0 Å². The van der Waals surface area contributed by atoms with Crippen LogP contribution in [0.15, 0.2) is 48.5 Å². The Balaban J connectivity index is 1.62. The second-order valence-electron chi connectivity index (χ2n) is 6.97. The molecule has 0 unspecified atom stereocenters. The van der Waals surface area contributed by atoms with E-state index >= 15 is 0 Å². The van der Waals surface area contributed by atoms with Gasteiger partial charge in [0.25, 0.3) is 0 Å². The van der Waals surface area contributed by atoms with E-state index in [0.717, 1.165) is 46.9 Å². The number of ether oxygens (including phenoxy) is 1. The van der Waals surface area contributed by atoms with Gasteiger partial charge in [0, 0.05) is 24.7 Å². The molecule has 5 nitrogen and oxygen atoms in total. The molecule has 2 heterocycles. The number of benzene rings is 2. The van der Waals surface area contributed by atoms with Crippen molar-refractivity contribution in [3.05, 3.63) is 48.5 Å². The van der Waals surface area contributed by atoms with Gasteiger partial charge in [-0.15, -0.1) is 0 Å². The number of fused-ring (bicyclic) bond motifs is 1. The first-order valence-electron chi connectivity index (χ1n) is 9.71. The summed E-state index contributed by atoms with van der Waals surface area (Å²) in [5, 5.41) is 3.53. The Morgan fingerprint density at radius 1 is 0.963 bits per heavy atom. The van der Waals surface area contributed by atoms with Gasteiger partial charge in [0.15, 0.2) is 5.82 Å². The number of hydrogen-bond acceptors (Lipinski definition) is 5. The van der Waals surface area contributed by atoms with Crippen molar-refractivity contribution in [3.63, 3.8) is 0 Å². The largest absolute Gasteiger partial charge is 0.497 e. The summed E-state index contributed by atoms with van der Waals surface area (Å²) in [4.78, 5) is 12.3. The number of methoxy groups -OCH3 is 1. The molecule has 0 atom stereocenters. The van der Waals surface area contributed by atoms with Gasteiger partial charge in [0.05, 0.1) is 18.1 Å². The lowest BCUT2D eigenvalue weighted by molar-refractivity contribution is 0.237. The number of hydrogen-bond donors (Lipinski definition) is 1. The van der Waals surface area contributed by atoms with Crippen molar-refractivity contribution in [3.8, 4) is 17.0 Å². The third-order valence-corrected chi connectivity index (χ3v) is 5.09. The van der Waals surface area contributed by atoms with Crippen LogP contribution in [-0.4, -0.2) is 48.2 Å². The number of anilines is 1. The Bertz CT molecular complexity index is 891. The summed E-state index contributed by atoms with van der Waals surface area (Å²) in [5.74, 6) is 1.63. The van der Waals surface area contributed by atoms with Crippen LogP contribution >= 0.6 is 0 Å². The maximum absolute atomic E-state index is 5.34. The van der Waals surface area contributed by atoms with Crippen LogP contribution < -0.4 is 10.1 Å². The lowest BCUT2D eigenvalue weighted by atomic mass is 10.1. The summed E-state index contributed by atoms with van der Waals surface area (Å²) < 4.78 is 5.34. The molecule has 0 saturated carbocycles. The SMILES string of the molecule is COc1ccc2nc(-c3ccccc3)c(NCCN3CCCCC3)nc2c1. The average molecular weight is 362 g/mol. The van der Waals surface area contributed by atoms with Crippen molar-refractivity contribution < 1.29 is 4.74 Å². The lowest BCUT2D eigenvalue weighted by Crippen LogP contribution is -2.33. The highest BCUT2D eigenvalue weighted by atomic mass is 16.5. The zero-order valence-electron chi connectivity index (χ0n) is 15.8. The molecule has 2 aromatic carbocycles. The molecule has 1 aliphatic heterocycles.